The molecule has 111 valence electrons. The van der Waals surface area contributed by atoms with Crippen LogP contribution in [0.15, 0.2) is 67.0 Å². The van der Waals surface area contributed by atoms with Crippen molar-refractivity contribution >= 4 is 16.9 Å². The van der Waals surface area contributed by atoms with Gasteiger partial charge in [-0.25, -0.2) is 4.98 Å². The molecule has 0 bridgehead atoms. The summed E-state index contributed by atoms with van der Waals surface area (Å²) in [6.45, 7) is 0. The van der Waals surface area contributed by atoms with Crippen LogP contribution in [-0.4, -0.2) is 15.9 Å². The first-order valence-electron chi connectivity index (χ1n) is 6.06. The maximum atomic E-state index is 10.5. The molecule has 0 saturated carbocycles. The average molecular weight is 334 g/mol. The molecule has 0 fully saturated rings. The number of nitrogens with zero attached hydrogens (tertiary/aromatic N) is 2. The molecule has 6 nitrogen and oxygen atoms in total. The number of hydrogen-bond donors (Lipinski definition) is 0. The zero-order chi connectivity index (χ0) is 16.2. The Labute approximate surface area is 133 Å². The number of benzene rings is 1. The van der Waals surface area contributed by atoms with E-state index in [4.69, 9.17) is 7.35 Å². The van der Waals surface area contributed by atoms with Crippen LogP contribution in [0, 0.1) is 0 Å². The van der Waals surface area contributed by atoms with Crippen LogP contribution < -0.4 is 5.11 Å². The van der Waals surface area contributed by atoms with E-state index in [1.165, 1.54) is 6.07 Å². The first-order chi connectivity index (χ1) is 10.7. The Morgan fingerprint density at radius 1 is 0.909 bits per heavy atom. The third-order valence-corrected chi connectivity index (χ3v) is 2.37. The topological polar surface area (TPSA) is 100 Å². The number of para-hydroxylation sites is 1. The molecule has 3 aromatic rings. The summed E-state index contributed by atoms with van der Waals surface area (Å²) in [6, 6.07) is 16.2. The molecule has 2 heterocycles. The van der Waals surface area contributed by atoms with Gasteiger partial charge in [-0.3, -0.25) is 4.98 Å². The number of carbonyl (C=O) groups excluding carboxylic acids is 1. The molecule has 22 heavy (non-hydrogen) atoms. The molecule has 0 radical (unpaired) electrons. The number of carboxylic acids is 1. The normalized spacial score (nSPS) is 8.55. The zero-order valence-corrected chi connectivity index (χ0v) is 12.7. The summed E-state index contributed by atoms with van der Waals surface area (Å²) < 4.78 is 16.9. The summed E-state index contributed by atoms with van der Waals surface area (Å²) in [4.78, 5) is 18.2. The predicted octanol–water partition coefficient (Wildman–Crippen LogP) is 1.44. The Morgan fingerprint density at radius 2 is 1.55 bits per heavy atom. The van der Waals surface area contributed by atoms with E-state index in [0.29, 0.717) is 5.52 Å². The SMILES string of the molecule is O=C([O-])c1ccc2ccccc2n1.[O]=[V]=[O].c1ccncc1. The molecule has 2 aromatic heterocycles. The van der Waals surface area contributed by atoms with Gasteiger partial charge in [0.25, 0.3) is 0 Å². The molecule has 0 amide bonds. The Bertz CT molecular complexity index is 733. The van der Waals surface area contributed by atoms with E-state index >= 15 is 0 Å². The number of hydrogen-bond acceptors (Lipinski definition) is 6. The van der Waals surface area contributed by atoms with Crippen molar-refractivity contribution in [2.24, 2.45) is 0 Å². The molecule has 0 aliphatic rings. The molecule has 0 N–H and O–H groups in total. The standard InChI is InChI=1S/C10H7NO2.C5H5N.2O.V/c12-10(13)9-6-5-7-3-1-2-4-8(7)11-9;1-2-4-6-5-3-1;;;/h1-6H,(H,12,13);1-5H;;;/p-1. The van der Waals surface area contributed by atoms with Gasteiger partial charge in [0.2, 0.25) is 0 Å². The summed E-state index contributed by atoms with van der Waals surface area (Å²) in [5.74, 6) is -1.24. The van der Waals surface area contributed by atoms with E-state index in [1.54, 1.807) is 24.5 Å². The number of aromatic carboxylic acids is 1. The van der Waals surface area contributed by atoms with Gasteiger partial charge in [0.1, 0.15) is 0 Å². The molecule has 7 heteroatoms. The minimum absolute atomic E-state index is 0.0290. The van der Waals surface area contributed by atoms with E-state index in [2.05, 4.69) is 9.97 Å². The van der Waals surface area contributed by atoms with Crippen molar-refractivity contribution in [3.05, 3.63) is 72.7 Å². The van der Waals surface area contributed by atoms with Crippen LogP contribution in [0.4, 0.5) is 0 Å². The third-order valence-electron chi connectivity index (χ3n) is 2.37. The van der Waals surface area contributed by atoms with Gasteiger partial charge in [-0.2, -0.15) is 0 Å². The number of aromatic nitrogens is 2. The van der Waals surface area contributed by atoms with Crippen molar-refractivity contribution in [2.75, 3.05) is 0 Å². The fourth-order valence-corrected chi connectivity index (χ4v) is 1.49. The summed E-state index contributed by atoms with van der Waals surface area (Å²) in [5.41, 5.74) is 0.642. The van der Waals surface area contributed by atoms with Crippen LogP contribution in [0.3, 0.4) is 0 Å². The van der Waals surface area contributed by atoms with E-state index in [-0.39, 0.29) is 5.69 Å². The fraction of sp³-hybridized carbons (Fsp3) is 0. The van der Waals surface area contributed by atoms with Crippen LogP contribution in [0.2, 0.25) is 0 Å². The third kappa shape index (κ3) is 6.26. The maximum absolute atomic E-state index is 10.5. The monoisotopic (exact) mass is 334 g/mol. The van der Waals surface area contributed by atoms with Crippen LogP contribution in [0.5, 0.6) is 0 Å². The predicted molar refractivity (Wildman–Crippen MR) is 71.7 cm³/mol. The molecule has 0 saturated heterocycles. The van der Waals surface area contributed by atoms with Crippen molar-refractivity contribution in [1.29, 1.82) is 0 Å². The molecular weight excluding hydrogens is 323 g/mol. The molecule has 0 aliphatic carbocycles. The van der Waals surface area contributed by atoms with Crippen LogP contribution >= 0.6 is 0 Å². The van der Waals surface area contributed by atoms with E-state index in [0.717, 1.165) is 5.39 Å². The van der Waals surface area contributed by atoms with Gasteiger partial charge in [0, 0.05) is 17.8 Å². The smallest absolute Gasteiger partial charge is 0.0267 e. The number of carboxylic acid groups (broad SMARTS) is 1. The van der Waals surface area contributed by atoms with E-state index < -0.39 is 22.2 Å². The van der Waals surface area contributed by atoms with Crippen molar-refractivity contribution in [3.8, 4) is 0 Å². The Kier molecular flexibility index (Phi) is 8.11. The maximum Gasteiger partial charge on any atom is 0.0267 e. The number of fused-ring (bicyclic) bond motifs is 1. The van der Waals surface area contributed by atoms with Crippen LogP contribution in [0.25, 0.3) is 10.9 Å². The minimum atomic E-state index is -1.81. The van der Waals surface area contributed by atoms with Crippen molar-refractivity contribution < 1.29 is 33.4 Å². The van der Waals surface area contributed by atoms with E-state index in [9.17, 15) is 9.90 Å². The summed E-state index contributed by atoms with van der Waals surface area (Å²) >= 11 is -1.81. The van der Waals surface area contributed by atoms with Crippen molar-refractivity contribution in [1.82, 2.24) is 9.97 Å². The second-order valence-corrected chi connectivity index (χ2v) is 4.01. The second-order valence-electron chi connectivity index (χ2n) is 3.78. The van der Waals surface area contributed by atoms with Gasteiger partial charge in [-0.1, -0.05) is 30.3 Å². The molecule has 1 aromatic carbocycles. The van der Waals surface area contributed by atoms with Gasteiger partial charge < -0.3 is 9.90 Å². The molecule has 0 aliphatic heterocycles. The van der Waals surface area contributed by atoms with Crippen LogP contribution in [0.1, 0.15) is 10.5 Å². The molecule has 0 atom stereocenters. The van der Waals surface area contributed by atoms with Gasteiger partial charge in [-0.05, 0) is 24.3 Å². The second kappa shape index (κ2) is 10.2. The molecule has 3 rings (SSSR count). The Balaban J connectivity index is 0.000000224. The Morgan fingerprint density at radius 3 is 2.05 bits per heavy atom. The van der Waals surface area contributed by atoms with Crippen molar-refractivity contribution in [2.45, 2.75) is 0 Å². The summed E-state index contributed by atoms with van der Waals surface area (Å²) in [7, 11) is 0. The van der Waals surface area contributed by atoms with Gasteiger partial charge in [0.15, 0.2) is 0 Å². The average Bonchev–Trinajstić information content (AvgIpc) is 2.57. The fourth-order valence-electron chi connectivity index (χ4n) is 1.49. The van der Waals surface area contributed by atoms with Crippen molar-refractivity contribution in [3.63, 3.8) is 0 Å². The first-order valence-corrected chi connectivity index (χ1v) is 7.20. The van der Waals surface area contributed by atoms with Crippen LogP contribution in [-0.2, 0) is 23.5 Å². The Hall–Kier alpha value is -2.57. The quantitative estimate of drug-likeness (QED) is 0.667. The number of carbonyl (C=O) groups is 1. The van der Waals surface area contributed by atoms with E-state index in [1.807, 2.05) is 36.4 Å². The molecule has 0 spiro atoms. The van der Waals surface area contributed by atoms with Gasteiger partial charge in [0.05, 0.1) is 17.2 Å². The molecule has 0 unspecified atom stereocenters. The first kappa shape index (κ1) is 17.5. The summed E-state index contributed by atoms with van der Waals surface area (Å²) in [5, 5.41) is 11.4. The minimum Gasteiger partial charge on any atom is -0.265 e. The van der Waals surface area contributed by atoms with Gasteiger partial charge in [-0.15, -0.1) is 0 Å². The van der Waals surface area contributed by atoms with Gasteiger partial charge >= 0.3 is 23.5 Å². The molecular formula is C15H11N2O4V-. The largest absolute Gasteiger partial charge is 0.265 e. The number of rotatable bonds is 1. The summed E-state index contributed by atoms with van der Waals surface area (Å²) in [6.07, 6.45) is 3.50. The number of pyridine rings is 2. The zero-order valence-electron chi connectivity index (χ0n) is 11.3.